The molecule has 1 aromatic carbocycles. The lowest BCUT2D eigenvalue weighted by Gasteiger charge is -2.58. The average Bonchev–Trinajstić information content (AvgIpc) is 3.41. The Morgan fingerprint density at radius 1 is 0.830 bits per heavy atom. The molecule has 0 heterocycles. The molecule has 0 aliphatic heterocycles. The van der Waals surface area contributed by atoms with Crippen LogP contribution in [-0.4, -0.2) is 18.7 Å². The second-order valence-electron chi connectivity index (χ2n) is 17.4. The Hall–Kier alpha value is -1.77. The molecule has 47 heavy (non-hydrogen) atoms. The third-order valence-electron chi connectivity index (χ3n) is 13.9. The fourth-order valence-corrected chi connectivity index (χ4v) is 11.1. The SMILES string of the molecule is CCCCCCCCCCOc1ccc(C(=O)OC2CCC3(C)C(=CCC4C3CCC3(C)C(C(C)CCCC(C)C)CCC43)C2)cc1. The molecule has 3 nitrogen and oxygen atoms in total. The van der Waals surface area contributed by atoms with Crippen LogP contribution in [0.25, 0.3) is 0 Å². The van der Waals surface area contributed by atoms with Crippen LogP contribution < -0.4 is 4.74 Å². The summed E-state index contributed by atoms with van der Waals surface area (Å²) >= 11 is 0. The highest BCUT2D eigenvalue weighted by molar-refractivity contribution is 5.89. The predicted molar refractivity (Wildman–Crippen MR) is 197 cm³/mol. The molecule has 0 bridgehead atoms. The number of carbonyl (C=O) groups is 1. The van der Waals surface area contributed by atoms with Gasteiger partial charge >= 0.3 is 5.97 Å². The summed E-state index contributed by atoms with van der Waals surface area (Å²) in [7, 11) is 0. The number of hydrogen-bond acceptors (Lipinski definition) is 3. The number of hydrogen-bond donors (Lipinski definition) is 0. The van der Waals surface area contributed by atoms with Gasteiger partial charge in [0.25, 0.3) is 0 Å². The largest absolute Gasteiger partial charge is 0.494 e. The van der Waals surface area contributed by atoms with Crippen LogP contribution >= 0.6 is 0 Å². The molecule has 8 unspecified atom stereocenters. The Morgan fingerprint density at radius 3 is 2.28 bits per heavy atom. The molecule has 3 heteroatoms. The zero-order chi connectivity index (χ0) is 33.4. The van der Waals surface area contributed by atoms with E-state index in [0.29, 0.717) is 11.0 Å². The molecule has 0 N–H and O–H groups in total. The van der Waals surface area contributed by atoms with Gasteiger partial charge in [-0.25, -0.2) is 4.79 Å². The van der Waals surface area contributed by atoms with E-state index in [2.05, 4.69) is 47.6 Å². The molecule has 0 saturated heterocycles. The van der Waals surface area contributed by atoms with Gasteiger partial charge in [-0.3, -0.25) is 0 Å². The maximum absolute atomic E-state index is 13.2. The molecule has 0 spiro atoms. The first kappa shape index (κ1) is 36.5. The Bertz CT molecular complexity index is 1150. The smallest absolute Gasteiger partial charge is 0.338 e. The van der Waals surface area contributed by atoms with Crippen LogP contribution in [0.4, 0.5) is 0 Å². The van der Waals surface area contributed by atoms with E-state index in [1.165, 1.54) is 96.3 Å². The lowest BCUT2D eigenvalue weighted by molar-refractivity contribution is -0.0594. The van der Waals surface area contributed by atoms with Gasteiger partial charge in [-0.1, -0.05) is 117 Å². The van der Waals surface area contributed by atoms with Crippen LogP contribution in [0.2, 0.25) is 0 Å². The molecule has 0 amide bonds. The summed E-state index contributed by atoms with van der Waals surface area (Å²) < 4.78 is 12.1. The number of esters is 1. The van der Waals surface area contributed by atoms with E-state index >= 15 is 0 Å². The number of rotatable bonds is 17. The second-order valence-corrected chi connectivity index (χ2v) is 17.4. The first-order chi connectivity index (χ1) is 22.7. The van der Waals surface area contributed by atoms with E-state index in [0.717, 1.165) is 73.5 Å². The highest BCUT2D eigenvalue weighted by Gasteiger charge is 2.59. The van der Waals surface area contributed by atoms with Gasteiger partial charge in [0.15, 0.2) is 0 Å². The van der Waals surface area contributed by atoms with Crippen molar-refractivity contribution in [1.29, 1.82) is 0 Å². The molecular weight excluding hydrogens is 576 g/mol. The molecule has 8 atom stereocenters. The molecule has 5 rings (SSSR count). The third-order valence-corrected chi connectivity index (χ3v) is 13.9. The maximum atomic E-state index is 13.2. The van der Waals surface area contributed by atoms with E-state index in [4.69, 9.17) is 9.47 Å². The van der Waals surface area contributed by atoms with Crippen molar-refractivity contribution in [3.8, 4) is 5.75 Å². The van der Waals surface area contributed by atoms with E-state index in [1.54, 1.807) is 5.57 Å². The summed E-state index contributed by atoms with van der Waals surface area (Å²) in [4.78, 5) is 13.2. The van der Waals surface area contributed by atoms with Crippen molar-refractivity contribution in [3.05, 3.63) is 41.5 Å². The normalized spacial score (nSPS) is 32.2. The first-order valence-corrected chi connectivity index (χ1v) is 20.3. The molecule has 4 aliphatic rings. The minimum Gasteiger partial charge on any atom is -0.494 e. The minimum absolute atomic E-state index is 0.00678. The van der Waals surface area contributed by atoms with Crippen LogP contribution in [0.5, 0.6) is 5.75 Å². The van der Waals surface area contributed by atoms with Crippen molar-refractivity contribution in [1.82, 2.24) is 0 Å². The predicted octanol–water partition coefficient (Wildman–Crippen LogP) is 12.8. The summed E-state index contributed by atoms with van der Waals surface area (Å²) in [5, 5.41) is 0. The van der Waals surface area contributed by atoms with Crippen molar-refractivity contribution >= 4 is 5.97 Å². The number of ether oxygens (including phenoxy) is 2. The lowest BCUT2D eigenvalue weighted by Crippen LogP contribution is -2.51. The van der Waals surface area contributed by atoms with Gasteiger partial charge in [0.1, 0.15) is 11.9 Å². The summed E-state index contributed by atoms with van der Waals surface area (Å²) in [6, 6.07) is 7.61. The number of benzene rings is 1. The average molecular weight is 647 g/mol. The number of allylic oxidation sites excluding steroid dienone is 1. The van der Waals surface area contributed by atoms with Crippen molar-refractivity contribution in [2.75, 3.05) is 6.61 Å². The monoisotopic (exact) mass is 647 g/mol. The summed E-state index contributed by atoms with van der Waals surface area (Å²) in [6.07, 6.45) is 27.2. The highest BCUT2D eigenvalue weighted by atomic mass is 16.5. The fraction of sp³-hybridized carbons (Fsp3) is 0.795. The van der Waals surface area contributed by atoms with E-state index in [9.17, 15) is 4.79 Å². The van der Waals surface area contributed by atoms with Gasteiger partial charge in [-0.2, -0.15) is 0 Å². The summed E-state index contributed by atoms with van der Waals surface area (Å²) in [5.41, 5.74) is 3.03. The Kier molecular flexibility index (Phi) is 13.0. The Morgan fingerprint density at radius 2 is 1.55 bits per heavy atom. The van der Waals surface area contributed by atoms with Gasteiger partial charge in [0.05, 0.1) is 12.2 Å². The Labute approximate surface area is 289 Å². The second kappa shape index (κ2) is 16.8. The zero-order valence-electron chi connectivity index (χ0n) is 31.3. The fourth-order valence-electron chi connectivity index (χ4n) is 11.1. The van der Waals surface area contributed by atoms with Crippen LogP contribution in [0, 0.1) is 46.3 Å². The molecule has 3 fully saturated rings. The quantitative estimate of drug-likeness (QED) is 0.0959. The minimum atomic E-state index is -0.185. The van der Waals surface area contributed by atoms with E-state index in [-0.39, 0.29) is 17.5 Å². The van der Waals surface area contributed by atoms with Crippen LogP contribution in [-0.2, 0) is 4.74 Å². The van der Waals surface area contributed by atoms with Crippen molar-refractivity contribution in [2.45, 2.75) is 170 Å². The molecular formula is C44H70O3. The van der Waals surface area contributed by atoms with Crippen LogP contribution in [0.3, 0.4) is 0 Å². The van der Waals surface area contributed by atoms with Crippen LogP contribution in [0.15, 0.2) is 35.9 Å². The summed E-state index contributed by atoms with van der Waals surface area (Å²) in [6.45, 7) is 15.6. The van der Waals surface area contributed by atoms with Crippen molar-refractivity contribution in [2.24, 2.45) is 46.3 Å². The van der Waals surface area contributed by atoms with Gasteiger partial charge in [-0.05, 0) is 122 Å². The third kappa shape index (κ3) is 8.70. The van der Waals surface area contributed by atoms with Gasteiger partial charge < -0.3 is 9.47 Å². The zero-order valence-corrected chi connectivity index (χ0v) is 31.3. The topological polar surface area (TPSA) is 35.5 Å². The van der Waals surface area contributed by atoms with Crippen LogP contribution in [0.1, 0.15) is 174 Å². The van der Waals surface area contributed by atoms with Gasteiger partial charge in [-0.15, -0.1) is 0 Å². The molecule has 3 saturated carbocycles. The maximum Gasteiger partial charge on any atom is 0.338 e. The summed E-state index contributed by atoms with van der Waals surface area (Å²) in [5.74, 6) is 5.78. The molecule has 4 aliphatic carbocycles. The van der Waals surface area contributed by atoms with Crippen molar-refractivity contribution < 1.29 is 14.3 Å². The standard InChI is InChI=1S/C44H70O3/c1-7-8-9-10-11-12-13-14-30-46-36-21-18-34(19-22-36)42(45)47-37-26-28-43(5)35(31-37)20-23-38-40-25-24-39(33(4)17-15-16-32(2)3)44(40,6)29-27-41(38)43/h18-22,32-33,37-41H,7-17,23-31H2,1-6H3. The number of fused-ring (bicyclic) bond motifs is 5. The van der Waals surface area contributed by atoms with Crippen molar-refractivity contribution in [3.63, 3.8) is 0 Å². The molecule has 1 aromatic rings. The van der Waals surface area contributed by atoms with Gasteiger partial charge in [0.2, 0.25) is 0 Å². The Balaban J connectivity index is 1.09. The van der Waals surface area contributed by atoms with E-state index < -0.39 is 0 Å². The van der Waals surface area contributed by atoms with E-state index in [1.807, 2.05) is 24.3 Å². The van der Waals surface area contributed by atoms with Gasteiger partial charge in [0, 0.05) is 6.42 Å². The first-order valence-electron chi connectivity index (χ1n) is 20.3. The number of unbranched alkanes of at least 4 members (excludes halogenated alkanes) is 7. The molecule has 0 aromatic heterocycles. The lowest BCUT2D eigenvalue weighted by atomic mass is 9.47. The molecule has 264 valence electrons. The highest BCUT2D eigenvalue weighted by Crippen LogP contribution is 2.67. The molecule has 0 radical (unpaired) electrons. The number of carbonyl (C=O) groups excluding carboxylic acids is 1.